The van der Waals surface area contributed by atoms with Gasteiger partial charge in [0, 0.05) is 6.20 Å². The Hall–Kier alpha value is -2.36. The van der Waals surface area contributed by atoms with E-state index in [2.05, 4.69) is 55.0 Å². The van der Waals surface area contributed by atoms with Crippen LogP contribution in [0.3, 0.4) is 0 Å². The molecular formula is C16H18N4. The van der Waals surface area contributed by atoms with E-state index < -0.39 is 0 Å². The Labute approximate surface area is 118 Å². The Balaban J connectivity index is 2.14. The number of benzene rings is 1. The zero-order valence-corrected chi connectivity index (χ0v) is 12.0. The van der Waals surface area contributed by atoms with E-state index in [1.165, 1.54) is 5.56 Å². The van der Waals surface area contributed by atoms with Gasteiger partial charge in [-0.15, -0.1) is 0 Å². The highest BCUT2D eigenvalue weighted by Gasteiger charge is 2.15. The Morgan fingerprint density at radius 2 is 1.75 bits per heavy atom. The number of nitrogen functional groups attached to an aromatic ring is 1. The first-order chi connectivity index (χ1) is 9.47. The van der Waals surface area contributed by atoms with Crippen LogP contribution in [0.25, 0.3) is 16.9 Å². The molecule has 0 saturated carbocycles. The smallest absolute Gasteiger partial charge is 0.207 e. The lowest BCUT2D eigenvalue weighted by Gasteiger charge is -2.19. The van der Waals surface area contributed by atoms with Gasteiger partial charge in [-0.25, -0.2) is 9.97 Å². The SMILES string of the molecule is CC(C)(C)c1ccc(-n2c(N)nc3cccnc32)cc1. The van der Waals surface area contributed by atoms with Crippen LogP contribution in [0, 0.1) is 0 Å². The number of fused-ring (bicyclic) bond motifs is 1. The Morgan fingerprint density at radius 3 is 2.40 bits per heavy atom. The molecule has 4 heteroatoms. The zero-order valence-electron chi connectivity index (χ0n) is 12.0. The van der Waals surface area contributed by atoms with E-state index in [0.717, 1.165) is 16.9 Å². The molecule has 0 aliphatic rings. The second kappa shape index (κ2) is 4.34. The van der Waals surface area contributed by atoms with Crippen LogP contribution in [0.1, 0.15) is 26.3 Å². The summed E-state index contributed by atoms with van der Waals surface area (Å²) in [6.07, 6.45) is 1.75. The predicted molar refractivity (Wildman–Crippen MR) is 82.0 cm³/mol. The minimum Gasteiger partial charge on any atom is -0.369 e. The number of rotatable bonds is 1. The lowest BCUT2D eigenvalue weighted by molar-refractivity contribution is 0.590. The second-order valence-corrected chi connectivity index (χ2v) is 5.95. The van der Waals surface area contributed by atoms with Crippen molar-refractivity contribution in [2.75, 3.05) is 5.73 Å². The van der Waals surface area contributed by atoms with E-state index in [1.54, 1.807) is 6.20 Å². The average Bonchev–Trinajstić information content (AvgIpc) is 2.73. The number of anilines is 1. The normalized spacial score (nSPS) is 11.9. The van der Waals surface area contributed by atoms with E-state index >= 15 is 0 Å². The number of aromatic nitrogens is 3. The molecule has 3 rings (SSSR count). The minimum atomic E-state index is 0.138. The summed E-state index contributed by atoms with van der Waals surface area (Å²) < 4.78 is 1.88. The van der Waals surface area contributed by atoms with Gasteiger partial charge in [-0.2, -0.15) is 0 Å². The Kier molecular flexibility index (Phi) is 2.74. The van der Waals surface area contributed by atoms with Gasteiger partial charge in [-0.3, -0.25) is 4.57 Å². The van der Waals surface area contributed by atoms with Crippen LogP contribution in [0.5, 0.6) is 0 Å². The van der Waals surface area contributed by atoms with Gasteiger partial charge in [-0.05, 0) is 35.2 Å². The van der Waals surface area contributed by atoms with Crippen LogP contribution in [0.15, 0.2) is 42.6 Å². The summed E-state index contributed by atoms with van der Waals surface area (Å²) in [6, 6.07) is 12.2. The Bertz CT molecular complexity index is 748. The fourth-order valence-electron chi connectivity index (χ4n) is 2.30. The highest BCUT2D eigenvalue weighted by molar-refractivity contribution is 5.76. The number of nitrogens with zero attached hydrogens (tertiary/aromatic N) is 3. The molecule has 0 amide bonds. The molecule has 2 heterocycles. The second-order valence-electron chi connectivity index (χ2n) is 5.95. The van der Waals surface area contributed by atoms with Gasteiger partial charge in [0.2, 0.25) is 5.95 Å². The van der Waals surface area contributed by atoms with Crippen LogP contribution in [-0.2, 0) is 5.41 Å². The summed E-state index contributed by atoms with van der Waals surface area (Å²) in [4.78, 5) is 8.71. The van der Waals surface area contributed by atoms with Gasteiger partial charge in [0.1, 0.15) is 5.52 Å². The van der Waals surface area contributed by atoms with Crippen molar-refractivity contribution in [3.63, 3.8) is 0 Å². The van der Waals surface area contributed by atoms with Crippen molar-refractivity contribution in [3.8, 4) is 5.69 Å². The fraction of sp³-hybridized carbons (Fsp3) is 0.250. The monoisotopic (exact) mass is 266 g/mol. The molecule has 0 aliphatic heterocycles. The highest BCUT2D eigenvalue weighted by Crippen LogP contribution is 2.25. The van der Waals surface area contributed by atoms with Crippen molar-refractivity contribution in [2.45, 2.75) is 26.2 Å². The number of pyridine rings is 1. The summed E-state index contributed by atoms with van der Waals surface area (Å²) >= 11 is 0. The summed E-state index contributed by atoms with van der Waals surface area (Å²) in [7, 11) is 0. The number of nitrogens with two attached hydrogens (primary N) is 1. The third-order valence-electron chi connectivity index (χ3n) is 3.43. The molecule has 102 valence electrons. The standard InChI is InChI=1S/C16H18N4/c1-16(2,3)11-6-8-12(9-7-11)20-14-13(19-15(20)17)5-4-10-18-14/h4-10H,1-3H3,(H2,17,19). The summed E-state index contributed by atoms with van der Waals surface area (Å²) in [5.74, 6) is 0.460. The van der Waals surface area contributed by atoms with Crippen molar-refractivity contribution >= 4 is 17.1 Å². The number of hydrogen-bond acceptors (Lipinski definition) is 3. The van der Waals surface area contributed by atoms with E-state index in [0.29, 0.717) is 5.95 Å². The van der Waals surface area contributed by atoms with Crippen molar-refractivity contribution < 1.29 is 0 Å². The molecule has 0 saturated heterocycles. The lowest BCUT2D eigenvalue weighted by Crippen LogP contribution is -2.11. The molecule has 3 aromatic rings. The van der Waals surface area contributed by atoms with Gasteiger partial charge in [0.25, 0.3) is 0 Å². The summed E-state index contributed by atoms with van der Waals surface area (Å²) in [5, 5.41) is 0. The van der Waals surface area contributed by atoms with Crippen molar-refractivity contribution in [1.82, 2.24) is 14.5 Å². The third kappa shape index (κ3) is 2.03. The minimum absolute atomic E-state index is 0.138. The van der Waals surface area contributed by atoms with E-state index in [1.807, 2.05) is 16.7 Å². The number of imidazole rings is 1. The molecule has 0 fully saturated rings. The van der Waals surface area contributed by atoms with Gasteiger partial charge in [0.05, 0.1) is 5.69 Å². The maximum absolute atomic E-state index is 6.02. The molecule has 2 aromatic heterocycles. The van der Waals surface area contributed by atoms with Crippen LogP contribution in [-0.4, -0.2) is 14.5 Å². The molecule has 0 atom stereocenters. The van der Waals surface area contributed by atoms with Crippen molar-refractivity contribution in [1.29, 1.82) is 0 Å². The zero-order chi connectivity index (χ0) is 14.3. The molecule has 0 spiro atoms. The first kappa shape index (κ1) is 12.7. The quantitative estimate of drug-likeness (QED) is 0.735. The van der Waals surface area contributed by atoms with E-state index in [4.69, 9.17) is 5.73 Å². The highest BCUT2D eigenvalue weighted by atomic mass is 15.2. The lowest BCUT2D eigenvalue weighted by atomic mass is 9.87. The predicted octanol–water partition coefficient (Wildman–Crippen LogP) is 3.30. The third-order valence-corrected chi connectivity index (χ3v) is 3.43. The van der Waals surface area contributed by atoms with Crippen LogP contribution in [0.4, 0.5) is 5.95 Å². The van der Waals surface area contributed by atoms with Crippen LogP contribution < -0.4 is 5.73 Å². The first-order valence-corrected chi connectivity index (χ1v) is 6.67. The average molecular weight is 266 g/mol. The van der Waals surface area contributed by atoms with Gasteiger partial charge < -0.3 is 5.73 Å². The molecule has 0 radical (unpaired) electrons. The first-order valence-electron chi connectivity index (χ1n) is 6.67. The fourth-order valence-corrected chi connectivity index (χ4v) is 2.30. The van der Waals surface area contributed by atoms with Gasteiger partial charge in [0.15, 0.2) is 5.65 Å². The Morgan fingerprint density at radius 1 is 1.05 bits per heavy atom. The molecule has 1 aromatic carbocycles. The summed E-state index contributed by atoms with van der Waals surface area (Å²) in [5.41, 5.74) is 10.0. The van der Waals surface area contributed by atoms with E-state index in [-0.39, 0.29) is 5.41 Å². The molecular weight excluding hydrogens is 248 g/mol. The topological polar surface area (TPSA) is 56.7 Å². The summed E-state index contributed by atoms with van der Waals surface area (Å²) in [6.45, 7) is 6.60. The molecule has 0 aliphatic carbocycles. The van der Waals surface area contributed by atoms with Crippen molar-refractivity contribution in [3.05, 3.63) is 48.2 Å². The maximum atomic E-state index is 6.02. The molecule has 2 N–H and O–H groups in total. The van der Waals surface area contributed by atoms with Gasteiger partial charge in [-0.1, -0.05) is 32.9 Å². The van der Waals surface area contributed by atoms with E-state index in [9.17, 15) is 0 Å². The van der Waals surface area contributed by atoms with Gasteiger partial charge >= 0.3 is 0 Å². The number of hydrogen-bond donors (Lipinski definition) is 1. The largest absolute Gasteiger partial charge is 0.369 e. The molecule has 0 unspecified atom stereocenters. The molecule has 20 heavy (non-hydrogen) atoms. The van der Waals surface area contributed by atoms with Crippen molar-refractivity contribution in [2.24, 2.45) is 0 Å². The van der Waals surface area contributed by atoms with Crippen LogP contribution in [0.2, 0.25) is 0 Å². The molecule has 4 nitrogen and oxygen atoms in total. The van der Waals surface area contributed by atoms with Crippen LogP contribution >= 0.6 is 0 Å². The molecule has 0 bridgehead atoms. The maximum Gasteiger partial charge on any atom is 0.207 e.